The van der Waals surface area contributed by atoms with Crippen molar-refractivity contribution in [1.29, 1.82) is 0 Å². The van der Waals surface area contributed by atoms with E-state index in [4.69, 9.17) is 5.11 Å². The molecule has 112 valence electrons. The van der Waals surface area contributed by atoms with Crippen LogP contribution in [0.3, 0.4) is 0 Å². The summed E-state index contributed by atoms with van der Waals surface area (Å²) >= 11 is 0. The Hall–Kier alpha value is -2.24. The Balaban J connectivity index is 2.27. The molecule has 0 bridgehead atoms. The number of tetrazole rings is 1. The Labute approximate surface area is 123 Å². The molecule has 1 aromatic carbocycles. The molecule has 0 aliphatic carbocycles. The molecule has 1 aromatic heterocycles. The third-order valence-corrected chi connectivity index (χ3v) is 3.41. The maximum absolute atomic E-state index is 10.9. The molecule has 2 rings (SSSR count). The van der Waals surface area contributed by atoms with Crippen LogP contribution >= 0.6 is 0 Å². The van der Waals surface area contributed by atoms with Crippen LogP contribution in [0, 0.1) is 5.92 Å². The highest BCUT2D eigenvalue weighted by Gasteiger charge is 2.18. The summed E-state index contributed by atoms with van der Waals surface area (Å²) in [5, 5.41) is 20.5. The second-order valence-electron chi connectivity index (χ2n) is 6.25. The van der Waals surface area contributed by atoms with Gasteiger partial charge in [-0.1, -0.05) is 52.0 Å². The van der Waals surface area contributed by atoms with E-state index >= 15 is 0 Å². The van der Waals surface area contributed by atoms with E-state index in [0.717, 1.165) is 5.56 Å². The number of aromatic nitrogens is 4. The Morgan fingerprint density at radius 3 is 2.43 bits per heavy atom. The lowest BCUT2D eigenvalue weighted by atomic mass is 9.87. The summed E-state index contributed by atoms with van der Waals surface area (Å²) in [6, 6.07) is 8.03. The summed E-state index contributed by atoms with van der Waals surface area (Å²) in [4.78, 5) is 10.9. The van der Waals surface area contributed by atoms with Crippen LogP contribution in [0.25, 0.3) is 11.4 Å². The quantitative estimate of drug-likeness (QED) is 0.934. The number of hydrogen-bond donors (Lipinski definition) is 1. The summed E-state index contributed by atoms with van der Waals surface area (Å²) in [7, 11) is 0. The summed E-state index contributed by atoms with van der Waals surface area (Å²) in [5.41, 5.74) is 2.19. The molecule has 2 aromatic rings. The Morgan fingerprint density at radius 2 is 1.90 bits per heavy atom. The molecule has 0 radical (unpaired) electrons. The first-order valence-corrected chi connectivity index (χ1v) is 6.89. The van der Waals surface area contributed by atoms with Gasteiger partial charge in [0.15, 0.2) is 5.82 Å². The lowest BCUT2D eigenvalue weighted by molar-refractivity contribution is -0.141. The monoisotopic (exact) mass is 288 g/mol. The summed E-state index contributed by atoms with van der Waals surface area (Å²) < 4.78 is 1.53. The van der Waals surface area contributed by atoms with E-state index in [1.807, 2.05) is 12.1 Å². The Kier molecular flexibility index (Phi) is 4.06. The molecule has 1 heterocycles. The zero-order valence-electron chi connectivity index (χ0n) is 12.7. The SMILES string of the molecule is CC(Cn1nnnc1-c1ccc(C(C)(C)C)cc1)C(=O)O. The van der Waals surface area contributed by atoms with Crippen LogP contribution in [-0.4, -0.2) is 31.3 Å². The second kappa shape index (κ2) is 5.63. The van der Waals surface area contributed by atoms with E-state index in [0.29, 0.717) is 5.82 Å². The molecule has 0 amide bonds. The van der Waals surface area contributed by atoms with E-state index in [-0.39, 0.29) is 12.0 Å². The highest BCUT2D eigenvalue weighted by Crippen LogP contribution is 2.25. The van der Waals surface area contributed by atoms with E-state index in [9.17, 15) is 4.79 Å². The minimum Gasteiger partial charge on any atom is -0.481 e. The van der Waals surface area contributed by atoms with Gasteiger partial charge in [-0.3, -0.25) is 4.79 Å². The first kappa shape index (κ1) is 15.2. The molecule has 0 spiro atoms. The fourth-order valence-electron chi connectivity index (χ4n) is 1.99. The molecular formula is C15H20N4O2. The predicted octanol–water partition coefficient (Wildman–Crippen LogP) is 2.36. The molecular weight excluding hydrogens is 268 g/mol. The van der Waals surface area contributed by atoms with Gasteiger partial charge < -0.3 is 5.11 Å². The molecule has 0 aliphatic heterocycles. The van der Waals surface area contributed by atoms with Gasteiger partial charge in [0.25, 0.3) is 0 Å². The maximum atomic E-state index is 10.9. The van der Waals surface area contributed by atoms with Crippen LogP contribution in [0.5, 0.6) is 0 Å². The fourth-order valence-corrected chi connectivity index (χ4v) is 1.99. The molecule has 0 fully saturated rings. The van der Waals surface area contributed by atoms with Crippen molar-refractivity contribution < 1.29 is 9.90 Å². The molecule has 0 saturated heterocycles. The van der Waals surface area contributed by atoms with Crippen molar-refractivity contribution in [3.05, 3.63) is 29.8 Å². The second-order valence-corrected chi connectivity index (χ2v) is 6.25. The smallest absolute Gasteiger partial charge is 0.308 e. The molecule has 6 nitrogen and oxygen atoms in total. The van der Waals surface area contributed by atoms with Crippen LogP contribution in [0.15, 0.2) is 24.3 Å². The van der Waals surface area contributed by atoms with Gasteiger partial charge in [-0.25, -0.2) is 4.68 Å². The van der Waals surface area contributed by atoms with Crippen LogP contribution in [0.4, 0.5) is 0 Å². The first-order valence-electron chi connectivity index (χ1n) is 6.89. The average Bonchev–Trinajstić information content (AvgIpc) is 2.86. The van der Waals surface area contributed by atoms with Gasteiger partial charge in [0, 0.05) is 5.56 Å². The lowest BCUT2D eigenvalue weighted by Gasteiger charge is -2.19. The van der Waals surface area contributed by atoms with Gasteiger partial charge >= 0.3 is 5.97 Å². The van der Waals surface area contributed by atoms with Gasteiger partial charge in [-0.15, -0.1) is 5.10 Å². The van der Waals surface area contributed by atoms with Crippen LogP contribution in [0.1, 0.15) is 33.3 Å². The average molecular weight is 288 g/mol. The van der Waals surface area contributed by atoms with Crippen molar-refractivity contribution in [2.75, 3.05) is 0 Å². The van der Waals surface area contributed by atoms with Gasteiger partial charge in [-0.05, 0) is 21.4 Å². The number of carboxylic acid groups (broad SMARTS) is 1. The zero-order chi connectivity index (χ0) is 15.6. The van der Waals surface area contributed by atoms with Crippen molar-refractivity contribution in [2.45, 2.75) is 39.7 Å². The van der Waals surface area contributed by atoms with Crippen molar-refractivity contribution in [2.24, 2.45) is 5.92 Å². The minimum atomic E-state index is -0.862. The number of aliphatic carboxylic acids is 1. The lowest BCUT2D eigenvalue weighted by Crippen LogP contribution is -2.18. The molecule has 21 heavy (non-hydrogen) atoms. The number of carboxylic acids is 1. The number of benzene rings is 1. The Morgan fingerprint density at radius 1 is 1.29 bits per heavy atom. The first-order chi connectivity index (χ1) is 9.79. The highest BCUT2D eigenvalue weighted by molar-refractivity contribution is 5.69. The van der Waals surface area contributed by atoms with Crippen LogP contribution in [-0.2, 0) is 16.8 Å². The number of hydrogen-bond acceptors (Lipinski definition) is 4. The van der Waals surface area contributed by atoms with Crippen LogP contribution < -0.4 is 0 Å². The van der Waals surface area contributed by atoms with Crippen LogP contribution in [0.2, 0.25) is 0 Å². The van der Waals surface area contributed by atoms with Gasteiger partial charge in [0.05, 0.1) is 12.5 Å². The number of carbonyl (C=O) groups is 1. The van der Waals surface area contributed by atoms with Crippen molar-refractivity contribution >= 4 is 5.97 Å². The highest BCUT2D eigenvalue weighted by atomic mass is 16.4. The topological polar surface area (TPSA) is 80.9 Å². The summed E-state index contributed by atoms with van der Waals surface area (Å²) in [6.07, 6.45) is 0. The third kappa shape index (κ3) is 3.45. The normalized spacial score (nSPS) is 13.1. The molecule has 1 unspecified atom stereocenters. The van der Waals surface area contributed by atoms with Gasteiger partial charge in [0.1, 0.15) is 0 Å². The number of nitrogens with zero attached hydrogens (tertiary/aromatic N) is 4. The van der Waals surface area contributed by atoms with Gasteiger partial charge in [-0.2, -0.15) is 0 Å². The van der Waals surface area contributed by atoms with E-state index in [1.54, 1.807) is 6.92 Å². The zero-order valence-corrected chi connectivity index (χ0v) is 12.7. The molecule has 0 saturated carbocycles. The van der Waals surface area contributed by atoms with E-state index in [2.05, 4.69) is 48.4 Å². The maximum Gasteiger partial charge on any atom is 0.308 e. The van der Waals surface area contributed by atoms with Crippen molar-refractivity contribution in [1.82, 2.24) is 20.2 Å². The molecule has 1 atom stereocenters. The van der Waals surface area contributed by atoms with Crippen molar-refractivity contribution in [3.8, 4) is 11.4 Å². The Bertz CT molecular complexity index is 626. The molecule has 6 heteroatoms. The third-order valence-electron chi connectivity index (χ3n) is 3.41. The van der Waals surface area contributed by atoms with E-state index in [1.165, 1.54) is 10.2 Å². The minimum absolute atomic E-state index is 0.0856. The fraction of sp³-hybridized carbons (Fsp3) is 0.467. The standard InChI is InChI=1S/C15H20N4O2/c1-10(14(20)21)9-19-13(16-17-18-19)11-5-7-12(8-6-11)15(2,3)4/h5-8,10H,9H2,1-4H3,(H,20,21). The number of rotatable bonds is 4. The summed E-state index contributed by atoms with van der Waals surface area (Å²) in [5.74, 6) is -0.816. The van der Waals surface area contributed by atoms with Crippen molar-refractivity contribution in [3.63, 3.8) is 0 Å². The van der Waals surface area contributed by atoms with E-state index < -0.39 is 11.9 Å². The van der Waals surface area contributed by atoms with Gasteiger partial charge in [0.2, 0.25) is 0 Å². The summed E-state index contributed by atoms with van der Waals surface area (Å²) in [6.45, 7) is 8.34. The molecule has 0 aliphatic rings. The largest absolute Gasteiger partial charge is 0.481 e. The predicted molar refractivity (Wildman–Crippen MR) is 78.8 cm³/mol. The molecule has 1 N–H and O–H groups in total.